The van der Waals surface area contributed by atoms with Crippen LogP contribution in [0.3, 0.4) is 0 Å². The lowest BCUT2D eigenvalue weighted by atomic mass is 9.95. The average molecular weight is 366 g/mol. The molecule has 0 atom stereocenters. The Morgan fingerprint density at radius 2 is 2.04 bits per heavy atom. The van der Waals surface area contributed by atoms with Crippen molar-refractivity contribution in [3.8, 4) is 11.8 Å². The van der Waals surface area contributed by atoms with Gasteiger partial charge in [-0.2, -0.15) is 0 Å². The summed E-state index contributed by atoms with van der Waals surface area (Å²) in [6.45, 7) is 3.03. The number of hydrogen-bond donors (Lipinski definition) is 0. The predicted molar refractivity (Wildman–Crippen MR) is 102 cm³/mol. The van der Waals surface area contributed by atoms with Crippen LogP contribution in [0.2, 0.25) is 0 Å². The van der Waals surface area contributed by atoms with Crippen LogP contribution in [0.25, 0.3) is 0 Å². The lowest BCUT2D eigenvalue weighted by molar-refractivity contribution is -0.133. The highest BCUT2D eigenvalue weighted by Gasteiger charge is 2.26. The number of carbonyl (C=O) groups is 1. The zero-order valence-electron chi connectivity index (χ0n) is 14.7. The fourth-order valence-electron chi connectivity index (χ4n) is 3.44. The van der Waals surface area contributed by atoms with Gasteiger partial charge in [0, 0.05) is 43.0 Å². The molecule has 3 heterocycles. The highest BCUT2D eigenvalue weighted by Crippen LogP contribution is 2.27. The zero-order chi connectivity index (χ0) is 17.8. The first-order valence-electron chi connectivity index (χ1n) is 9.19. The van der Waals surface area contributed by atoms with E-state index in [1.165, 1.54) is 4.88 Å². The van der Waals surface area contributed by atoms with Crippen molar-refractivity contribution >= 4 is 17.2 Å². The van der Waals surface area contributed by atoms with E-state index in [2.05, 4.69) is 16.8 Å². The minimum Gasteiger partial charge on any atom is -0.381 e. The van der Waals surface area contributed by atoms with E-state index < -0.39 is 0 Å². The van der Waals surface area contributed by atoms with Crippen molar-refractivity contribution in [3.05, 3.63) is 51.5 Å². The third-order valence-electron chi connectivity index (χ3n) is 4.98. The molecule has 2 aliphatic rings. The molecular weight excluding hydrogens is 344 g/mol. The molecule has 134 valence electrons. The van der Waals surface area contributed by atoms with Gasteiger partial charge in [-0.15, -0.1) is 11.3 Å². The van der Waals surface area contributed by atoms with Gasteiger partial charge in [-0.05, 0) is 36.8 Å². The molecule has 0 bridgehead atoms. The Balaban J connectivity index is 1.40. The quantitative estimate of drug-likeness (QED) is 0.767. The standard InChI is InChI=1S/C21H22N2O2S/c24-21(14-17-9-12-25-13-10-17)23-11-8-18-19(15-23)26-20(22-18)7-6-16-4-2-1-3-5-16/h1-5,17H,8-15H2. The number of aromatic nitrogens is 1. The smallest absolute Gasteiger partial charge is 0.223 e. The summed E-state index contributed by atoms with van der Waals surface area (Å²) < 4.78 is 5.39. The Kier molecular flexibility index (Phi) is 5.33. The number of ether oxygens (including phenoxy) is 1. The van der Waals surface area contributed by atoms with Crippen molar-refractivity contribution in [2.45, 2.75) is 32.2 Å². The van der Waals surface area contributed by atoms with Crippen LogP contribution in [0.15, 0.2) is 30.3 Å². The molecule has 0 N–H and O–H groups in total. The molecule has 0 radical (unpaired) electrons. The van der Waals surface area contributed by atoms with Gasteiger partial charge >= 0.3 is 0 Å². The molecule has 1 aromatic carbocycles. The topological polar surface area (TPSA) is 42.4 Å². The first-order chi connectivity index (χ1) is 12.8. The molecule has 1 fully saturated rings. The van der Waals surface area contributed by atoms with Gasteiger partial charge in [-0.25, -0.2) is 4.98 Å². The Bertz CT molecular complexity index is 829. The molecule has 0 aliphatic carbocycles. The third-order valence-corrected chi connectivity index (χ3v) is 5.97. The second-order valence-corrected chi connectivity index (χ2v) is 7.91. The Hall–Kier alpha value is -2.16. The largest absolute Gasteiger partial charge is 0.381 e. The summed E-state index contributed by atoms with van der Waals surface area (Å²) in [4.78, 5) is 20.5. The lowest BCUT2D eigenvalue weighted by Crippen LogP contribution is -2.37. The first kappa shape index (κ1) is 17.3. The maximum Gasteiger partial charge on any atom is 0.223 e. The van der Waals surface area contributed by atoms with E-state index in [1.54, 1.807) is 11.3 Å². The fraction of sp³-hybridized carbons (Fsp3) is 0.429. The van der Waals surface area contributed by atoms with Crippen molar-refractivity contribution in [2.75, 3.05) is 19.8 Å². The van der Waals surface area contributed by atoms with Gasteiger partial charge in [0.2, 0.25) is 5.91 Å². The third kappa shape index (κ3) is 4.14. The maximum atomic E-state index is 12.6. The molecule has 2 aromatic rings. The van der Waals surface area contributed by atoms with Gasteiger partial charge in [0.25, 0.3) is 0 Å². The van der Waals surface area contributed by atoms with Crippen LogP contribution in [0.4, 0.5) is 0 Å². The number of nitrogens with zero attached hydrogens (tertiary/aromatic N) is 2. The Morgan fingerprint density at radius 1 is 1.23 bits per heavy atom. The highest BCUT2D eigenvalue weighted by molar-refractivity contribution is 7.12. The molecule has 1 amide bonds. The van der Waals surface area contributed by atoms with Crippen LogP contribution in [-0.2, 0) is 22.5 Å². The molecule has 26 heavy (non-hydrogen) atoms. The summed E-state index contributed by atoms with van der Waals surface area (Å²) in [6, 6.07) is 9.95. The molecule has 0 unspecified atom stereocenters. The number of carbonyl (C=O) groups excluding carboxylic acids is 1. The SMILES string of the molecule is O=C(CC1CCOCC1)N1CCc2nc(C#Cc3ccccc3)sc2C1. The minimum absolute atomic E-state index is 0.271. The number of rotatable bonds is 2. The van der Waals surface area contributed by atoms with Gasteiger partial charge in [0.05, 0.1) is 12.2 Å². The summed E-state index contributed by atoms with van der Waals surface area (Å²) in [7, 11) is 0. The van der Waals surface area contributed by atoms with Crippen molar-refractivity contribution < 1.29 is 9.53 Å². The molecule has 4 nitrogen and oxygen atoms in total. The maximum absolute atomic E-state index is 12.6. The van der Waals surface area contributed by atoms with E-state index in [-0.39, 0.29) is 5.91 Å². The number of fused-ring (bicyclic) bond motifs is 1. The van der Waals surface area contributed by atoms with Crippen LogP contribution in [0.5, 0.6) is 0 Å². The van der Waals surface area contributed by atoms with Crippen molar-refractivity contribution in [1.29, 1.82) is 0 Å². The Morgan fingerprint density at radius 3 is 2.85 bits per heavy atom. The van der Waals surface area contributed by atoms with Crippen LogP contribution in [-0.4, -0.2) is 35.5 Å². The van der Waals surface area contributed by atoms with Gasteiger partial charge in [0.1, 0.15) is 0 Å². The van der Waals surface area contributed by atoms with Crippen molar-refractivity contribution in [1.82, 2.24) is 9.88 Å². The molecule has 1 aromatic heterocycles. The second kappa shape index (κ2) is 8.03. The highest BCUT2D eigenvalue weighted by atomic mass is 32.1. The molecule has 0 saturated carbocycles. The summed E-state index contributed by atoms with van der Waals surface area (Å²) in [6.07, 6.45) is 3.49. The van der Waals surface area contributed by atoms with Gasteiger partial charge < -0.3 is 9.64 Å². The number of hydrogen-bond acceptors (Lipinski definition) is 4. The van der Waals surface area contributed by atoms with E-state index >= 15 is 0 Å². The zero-order valence-corrected chi connectivity index (χ0v) is 15.6. The second-order valence-electron chi connectivity index (χ2n) is 6.83. The fourth-order valence-corrected chi connectivity index (χ4v) is 4.41. The van der Waals surface area contributed by atoms with Crippen molar-refractivity contribution in [2.24, 2.45) is 5.92 Å². The summed E-state index contributed by atoms with van der Waals surface area (Å²) in [5.41, 5.74) is 2.11. The molecule has 1 saturated heterocycles. The molecular formula is C21H22N2O2S. The van der Waals surface area contributed by atoms with E-state index in [1.807, 2.05) is 35.2 Å². The minimum atomic E-state index is 0.271. The predicted octanol–water partition coefficient (Wildman–Crippen LogP) is 3.24. The molecule has 2 aliphatic heterocycles. The molecule has 4 rings (SSSR count). The number of amides is 1. The first-order valence-corrected chi connectivity index (χ1v) is 10.0. The van der Waals surface area contributed by atoms with Crippen molar-refractivity contribution in [3.63, 3.8) is 0 Å². The van der Waals surface area contributed by atoms with E-state index in [0.717, 1.165) is 55.3 Å². The molecule has 0 spiro atoms. The van der Waals surface area contributed by atoms with Crippen LogP contribution in [0.1, 0.15) is 40.4 Å². The molecule has 5 heteroatoms. The van der Waals surface area contributed by atoms with E-state index in [0.29, 0.717) is 18.9 Å². The Labute approximate surface area is 158 Å². The van der Waals surface area contributed by atoms with Crippen LogP contribution < -0.4 is 0 Å². The number of thiazole rings is 1. The van der Waals surface area contributed by atoms with Gasteiger partial charge in [-0.3, -0.25) is 4.79 Å². The summed E-state index contributed by atoms with van der Waals surface area (Å²) in [5, 5.41) is 0.845. The average Bonchev–Trinajstić information content (AvgIpc) is 3.10. The van der Waals surface area contributed by atoms with E-state index in [4.69, 9.17) is 4.74 Å². The summed E-state index contributed by atoms with van der Waals surface area (Å²) >= 11 is 1.62. The normalized spacial score (nSPS) is 17.3. The van der Waals surface area contributed by atoms with Gasteiger partial charge in [0.15, 0.2) is 5.01 Å². The van der Waals surface area contributed by atoms with Crippen LogP contribution >= 0.6 is 11.3 Å². The van der Waals surface area contributed by atoms with Gasteiger partial charge in [-0.1, -0.05) is 24.1 Å². The van der Waals surface area contributed by atoms with E-state index in [9.17, 15) is 4.79 Å². The lowest BCUT2D eigenvalue weighted by Gasteiger charge is -2.29. The number of benzene rings is 1. The van der Waals surface area contributed by atoms with Crippen LogP contribution in [0, 0.1) is 17.8 Å². The monoisotopic (exact) mass is 366 g/mol. The summed E-state index contributed by atoms with van der Waals surface area (Å²) in [5.74, 6) is 7.08.